The van der Waals surface area contributed by atoms with Gasteiger partial charge in [-0.3, -0.25) is 9.20 Å². The lowest BCUT2D eigenvalue weighted by molar-refractivity contribution is 0.687. The quantitative estimate of drug-likeness (QED) is 0.483. The van der Waals surface area contributed by atoms with Crippen LogP contribution in [0.5, 0.6) is 0 Å². The number of nitrogens with zero attached hydrogens (tertiary/aromatic N) is 5. The van der Waals surface area contributed by atoms with Gasteiger partial charge in [0, 0.05) is 30.1 Å². The van der Waals surface area contributed by atoms with Gasteiger partial charge in [0.25, 0.3) is 5.56 Å². The molecule has 0 saturated carbocycles. The number of aryl methyl sites for hydroxylation is 2. The van der Waals surface area contributed by atoms with Gasteiger partial charge in [0.2, 0.25) is 0 Å². The molecular weight excluding hydrogens is 370 g/mol. The van der Waals surface area contributed by atoms with Crippen molar-refractivity contribution < 1.29 is 0 Å². The second-order valence-corrected chi connectivity index (χ2v) is 7.62. The molecule has 0 unspecified atom stereocenters. The molecule has 0 saturated heterocycles. The van der Waals surface area contributed by atoms with Gasteiger partial charge in [0.05, 0.1) is 5.69 Å². The third kappa shape index (κ3) is 3.45. The zero-order valence-corrected chi connectivity index (χ0v) is 16.9. The Labute approximate surface area is 167 Å². The van der Waals surface area contributed by atoms with Gasteiger partial charge in [-0.25, -0.2) is 4.98 Å². The van der Waals surface area contributed by atoms with E-state index in [0.29, 0.717) is 11.4 Å². The van der Waals surface area contributed by atoms with Gasteiger partial charge in [-0.15, -0.1) is 10.2 Å². The molecule has 0 aliphatic carbocycles. The minimum Gasteiger partial charge on any atom is -0.302 e. The summed E-state index contributed by atoms with van der Waals surface area (Å²) in [7, 11) is 0. The van der Waals surface area contributed by atoms with Crippen LogP contribution in [-0.4, -0.2) is 24.1 Å². The average Bonchev–Trinajstić information content (AvgIpc) is 3.10. The van der Waals surface area contributed by atoms with Crippen LogP contribution in [0.2, 0.25) is 0 Å². The van der Waals surface area contributed by atoms with Crippen LogP contribution in [0.4, 0.5) is 0 Å². The highest BCUT2D eigenvalue weighted by Crippen LogP contribution is 2.27. The summed E-state index contributed by atoms with van der Waals surface area (Å²) in [4.78, 5) is 17.0. The number of hydrogen-bond donors (Lipinski definition) is 0. The number of aromatic nitrogens is 5. The number of benzene rings is 1. The highest BCUT2D eigenvalue weighted by molar-refractivity contribution is 7.98. The first-order valence-corrected chi connectivity index (χ1v) is 10.2. The summed E-state index contributed by atoms with van der Waals surface area (Å²) in [6, 6.07) is 13.6. The van der Waals surface area contributed by atoms with Crippen LogP contribution < -0.4 is 5.56 Å². The van der Waals surface area contributed by atoms with Gasteiger partial charge in [0.1, 0.15) is 5.65 Å². The van der Waals surface area contributed by atoms with Crippen LogP contribution >= 0.6 is 11.8 Å². The van der Waals surface area contributed by atoms with Crippen molar-refractivity contribution in [3.63, 3.8) is 0 Å². The number of thioether (sulfide) groups is 1. The Balaban J connectivity index is 1.62. The van der Waals surface area contributed by atoms with Crippen molar-refractivity contribution in [1.29, 1.82) is 0 Å². The first-order valence-electron chi connectivity index (χ1n) is 9.17. The summed E-state index contributed by atoms with van der Waals surface area (Å²) >= 11 is 1.55. The minimum atomic E-state index is -0.0677. The van der Waals surface area contributed by atoms with E-state index in [0.717, 1.165) is 34.3 Å². The van der Waals surface area contributed by atoms with Crippen molar-refractivity contribution >= 4 is 17.4 Å². The molecule has 0 aliphatic heterocycles. The maximum absolute atomic E-state index is 12.4. The maximum atomic E-state index is 12.4. The summed E-state index contributed by atoms with van der Waals surface area (Å²) in [5.74, 6) is 1.43. The van der Waals surface area contributed by atoms with Crippen LogP contribution in [0, 0.1) is 13.8 Å². The Morgan fingerprint density at radius 1 is 1.07 bits per heavy atom. The average molecular weight is 392 g/mol. The van der Waals surface area contributed by atoms with E-state index >= 15 is 0 Å². The van der Waals surface area contributed by atoms with Crippen LogP contribution in [0.25, 0.3) is 17.0 Å². The topological polar surface area (TPSA) is 65.1 Å². The Morgan fingerprint density at radius 2 is 1.89 bits per heavy atom. The van der Waals surface area contributed by atoms with Crippen molar-refractivity contribution in [2.24, 2.45) is 0 Å². The zero-order valence-electron chi connectivity index (χ0n) is 16.1. The van der Waals surface area contributed by atoms with E-state index in [9.17, 15) is 4.79 Å². The third-order valence-electron chi connectivity index (χ3n) is 4.63. The SMILES string of the molecule is CCn1c(SCc2cc(=O)n3cc(C)ccc3n2)nnc1-c1ccccc1C. The lowest BCUT2D eigenvalue weighted by Gasteiger charge is -2.09. The standard InChI is InChI=1S/C21H21N5OS/c1-4-25-20(17-8-6-5-7-15(17)3)23-24-21(25)28-13-16-11-19(27)26-12-14(2)9-10-18(26)22-16/h5-12H,4,13H2,1-3H3. The van der Waals surface area contributed by atoms with Gasteiger partial charge >= 0.3 is 0 Å². The van der Waals surface area contributed by atoms with Gasteiger partial charge in [-0.2, -0.15) is 0 Å². The highest BCUT2D eigenvalue weighted by Gasteiger charge is 2.15. The van der Waals surface area contributed by atoms with Gasteiger partial charge < -0.3 is 4.57 Å². The Bertz CT molecular complexity index is 1210. The van der Waals surface area contributed by atoms with E-state index in [1.165, 1.54) is 5.56 Å². The third-order valence-corrected chi connectivity index (χ3v) is 5.63. The van der Waals surface area contributed by atoms with Crippen molar-refractivity contribution in [1.82, 2.24) is 24.1 Å². The van der Waals surface area contributed by atoms with Crippen LogP contribution in [0.1, 0.15) is 23.7 Å². The number of rotatable bonds is 5. The fourth-order valence-electron chi connectivity index (χ4n) is 3.17. The molecule has 0 aliphatic rings. The fourth-order valence-corrected chi connectivity index (χ4v) is 4.07. The molecule has 3 aromatic heterocycles. The van der Waals surface area contributed by atoms with Crippen molar-refractivity contribution in [2.45, 2.75) is 38.2 Å². The van der Waals surface area contributed by atoms with E-state index in [1.807, 2.05) is 37.4 Å². The van der Waals surface area contributed by atoms with Gasteiger partial charge in [-0.05, 0) is 38.0 Å². The van der Waals surface area contributed by atoms with Crippen LogP contribution in [-0.2, 0) is 12.3 Å². The number of hydrogen-bond acceptors (Lipinski definition) is 5. The molecule has 4 rings (SSSR count). The zero-order chi connectivity index (χ0) is 19.7. The molecule has 0 radical (unpaired) electrons. The molecule has 7 heteroatoms. The maximum Gasteiger partial charge on any atom is 0.258 e. The lowest BCUT2D eigenvalue weighted by Crippen LogP contribution is -2.15. The van der Waals surface area contributed by atoms with E-state index in [4.69, 9.17) is 0 Å². The molecular formula is C21H21N5OS. The smallest absolute Gasteiger partial charge is 0.258 e. The van der Waals surface area contributed by atoms with Crippen molar-refractivity contribution in [3.05, 3.63) is 75.8 Å². The summed E-state index contributed by atoms with van der Waals surface area (Å²) in [6.45, 7) is 6.88. The fraction of sp³-hybridized carbons (Fsp3) is 0.238. The Kier molecular flexibility index (Phi) is 5.00. The monoisotopic (exact) mass is 391 g/mol. The molecule has 4 aromatic rings. The Morgan fingerprint density at radius 3 is 2.68 bits per heavy atom. The molecule has 0 atom stereocenters. The molecule has 0 fully saturated rings. The molecule has 0 N–H and O–H groups in total. The first kappa shape index (κ1) is 18.4. The summed E-state index contributed by atoms with van der Waals surface area (Å²) in [6.07, 6.45) is 1.81. The van der Waals surface area contributed by atoms with Crippen LogP contribution in [0.3, 0.4) is 0 Å². The van der Waals surface area contributed by atoms with Gasteiger partial charge in [0.15, 0.2) is 11.0 Å². The van der Waals surface area contributed by atoms with E-state index in [2.05, 4.69) is 45.7 Å². The summed E-state index contributed by atoms with van der Waals surface area (Å²) < 4.78 is 3.68. The second kappa shape index (κ2) is 7.59. The molecule has 1 aromatic carbocycles. The molecule has 28 heavy (non-hydrogen) atoms. The second-order valence-electron chi connectivity index (χ2n) is 6.67. The molecule has 142 valence electrons. The van der Waals surface area contributed by atoms with E-state index in [-0.39, 0.29) is 5.56 Å². The van der Waals surface area contributed by atoms with Crippen molar-refractivity contribution in [3.8, 4) is 11.4 Å². The van der Waals surface area contributed by atoms with Gasteiger partial charge in [-0.1, -0.05) is 42.1 Å². The molecule has 0 bridgehead atoms. The first-order chi connectivity index (χ1) is 13.6. The number of fused-ring (bicyclic) bond motifs is 1. The normalized spacial score (nSPS) is 11.2. The summed E-state index contributed by atoms with van der Waals surface area (Å²) in [5, 5.41) is 9.62. The summed E-state index contributed by atoms with van der Waals surface area (Å²) in [5.41, 5.74) is 4.61. The molecule has 3 heterocycles. The Hall–Kier alpha value is -2.93. The molecule has 6 nitrogen and oxygen atoms in total. The van der Waals surface area contributed by atoms with E-state index < -0.39 is 0 Å². The number of pyridine rings is 1. The van der Waals surface area contributed by atoms with E-state index in [1.54, 1.807) is 22.2 Å². The molecule has 0 amide bonds. The molecule has 0 spiro atoms. The predicted octanol–water partition coefficient (Wildman–Crippen LogP) is 3.88. The van der Waals surface area contributed by atoms with Crippen LogP contribution in [0.15, 0.2) is 58.6 Å². The largest absolute Gasteiger partial charge is 0.302 e. The predicted molar refractivity (Wildman–Crippen MR) is 112 cm³/mol. The lowest BCUT2D eigenvalue weighted by atomic mass is 10.1. The van der Waals surface area contributed by atoms with Crippen molar-refractivity contribution in [2.75, 3.05) is 0 Å². The minimum absolute atomic E-state index is 0.0677. The highest BCUT2D eigenvalue weighted by atomic mass is 32.2.